The van der Waals surface area contributed by atoms with Crippen molar-refractivity contribution in [2.45, 2.75) is 20.8 Å². The highest BCUT2D eigenvalue weighted by Gasteiger charge is 2.09. The van der Waals surface area contributed by atoms with E-state index in [-0.39, 0.29) is 18.4 Å². The van der Waals surface area contributed by atoms with Gasteiger partial charge in [0.1, 0.15) is 5.75 Å². The third-order valence-electron chi connectivity index (χ3n) is 3.29. The highest BCUT2D eigenvalue weighted by Crippen LogP contribution is 2.26. The van der Waals surface area contributed by atoms with Crippen molar-refractivity contribution >= 4 is 39.1 Å². The van der Waals surface area contributed by atoms with Crippen LogP contribution in [-0.4, -0.2) is 18.4 Å². The van der Waals surface area contributed by atoms with E-state index < -0.39 is 0 Å². The van der Waals surface area contributed by atoms with Gasteiger partial charge < -0.3 is 15.4 Å². The molecule has 2 aromatic carbocycles. The first-order valence-electron chi connectivity index (χ1n) is 7.43. The highest BCUT2D eigenvalue weighted by molar-refractivity contribution is 9.10. The molecule has 0 fully saturated rings. The van der Waals surface area contributed by atoms with Gasteiger partial charge in [-0.15, -0.1) is 0 Å². The summed E-state index contributed by atoms with van der Waals surface area (Å²) in [5, 5.41) is 5.41. The molecule has 0 aliphatic carbocycles. The van der Waals surface area contributed by atoms with Crippen molar-refractivity contribution in [2.24, 2.45) is 0 Å². The molecule has 0 atom stereocenters. The summed E-state index contributed by atoms with van der Waals surface area (Å²) in [5.74, 6) is 0.137. The van der Waals surface area contributed by atoms with Gasteiger partial charge in [0.05, 0.1) is 11.4 Å². The van der Waals surface area contributed by atoms with Crippen LogP contribution in [0.15, 0.2) is 40.9 Å². The molecule has 5 nitrogen and oxygen atoms in total. The average molecular weight is 391 g/mol. The van der Waals surface area contributed by atoms with Crippen molar-refractivity contribution in [1.82, 2.24) is 0 Å². The molecule has 0 aliphatic heterocycles. The maximum Gasteiger partial charge on any atom is 0.262 e. The number of amides is 2. The molecule has 2 rings (SSSR count). The van der Waals surface area contributed by atoms with Crippen LogP contribution in [0, 0.1) is 13.8 Å². The van der Waals surface area contributed by atoms with Gasteiger partial charge >= 0.3 is 0 Å². The number of ether oxygens (including phenoxy) is 1. The average Bonchev–Trinajstić information content (AvgIpc) is 2.52. The predicted molar refractivity (Wildman–Crippen MR) is 98.5 cm³/mol. The van der Waals surface area contributed by atoms with Crippen LogP contribution in [0.3, 0.4) is 0 Å². The van der Waals surface area contributed by atoms with Crippen LogP contribution in [-0.2, 0) is 9.59 Å². The van der Waals surface area contributed by atoms with Crippen LogP contribution in [0.2, 0.25) is 0 Å². The van der Waals surface area contributed by atoms with Crippen molar-refractivity contribution in [3.05, 3.63) is 52.0 Å². The third-order valence-corrected chi connectivity index (χ3v) is 4.54. The van der Waals surface area contributed by atoms with Crippen LogP contribution in [0.1, 0.15) is 18.1 Å². The zero-order chi connectivity index (χ0) is 17.7. The monoisotopic (exact) mass is 390 g/mol. The van der Waals surface area contributed by atoms with Gasteiger partial charge in [0.2, 0.25) is 5.91 Å². The van der Waals surface area contributed by atoms with E-state index in [2.05, 4.69) is 26.6 Å². The Balaban J connectivity index is 2.01. The van der Waals surface area contributed by atoms with Crippen molar-refractivity contribution in [1.29, 1.82) is 0 Å². The maximum atomic E-state index is 12.1. The van der Waals surface area contributed by atoms with Gasteiger partial charge in [-0.2, -0.15) is 0 Å². The smallest absolute Gasteiger partial charge is 0.262 e. The Labute approximate surface area is 149 Å². The molecule has 0 bridgehead atoms. The van der Waals surface area contributed by atoms with E-state index in [1.807, 2.05) is 26.0 Å². The number of hydrogen-bond acceptors (Lipinski definition) is 3. The van der Waals surface area contributed by atoms with Crippen molar-refractivity contribution < 1.29 is 14.3 Å². The molecule has 0 aromatic heterocycles. The Morgan fingerprint density at radius 2 is 1.58 bits per heavy atom. The molecule has 2 aromatic rings. The van der Waals surface area contributed by atoms with Crippen LogP contribution < -0.4 is 15.4 Å². The minimum absolute atomic E-state index is 0.116. The molecule has 0 radical (unpaired) electrons. The number of hydrogen-bond donors (Lipinski definition) is 2. The first-order valence-corrected chi connectivity index (χ1v) is 8.22. The molecule has 2 amide bonds. The van der Waals surface area contributed by atoms with Crippen molar-refractivity contribution in [3.63, 3.8) is 0 Å². The zero-order valence-corrected chi connectivity index (χ0v) is 15.4. The van der Waals surface area contributed by atoms with E-state index in [1.54, 1.807) is 24.3 Å². The largest absolute Gasteiger partial charge is 0.484 e. The van der Waals surface area contributed by atoms with Gasteiger partial charge in [0, 0.05) is 11.4 Å². The van der Waals surface area contributed by atoms with Gasteiger partial charge in [-0.3, -0.25) is 9.59 Å². The molecule has 0 unspecified atom stereocenters. The number of rotatable bonds is 5. The topological polar surface area (TPSA) is 67.4 Å². The second-order valence-electron chi connectivity index (χ2n) is 5.43. The Morgan fingerprint density at radius 3 is 2.12 bits per heavy atom. The molecule has 2 N–H and O–H groups in total. The number of aryl methyl sites for hydroxylation is 2. The Morgan fingerprint density at radius 1 is 1.04 bits per heavy atom. The highest BCUT2D eigenvalue weighted by atomic mass is 79.9. The second kappa shape index (κ2) is 7.97. The Kier molecular flexibility index (Phi) is 5.98. The molecule has 0 aliphatic rings. The Hall–Kier alpha value is -2.34. The molecule has 0 saturated heterocycles. The molecule has 126 valence electrons. The number of carbonyl (C=O) groups excluding carboxylic acids is 2. The lowest BCUT2D eigenvalue weighted by molar-refractivity contribution is -0.118. The normalized spacial score (nSPS) is 10.2. The molecule has 24 heavy (non-hydrogen) atoms. The number of halogens is 1. The number of para-hydroxylation sites is 2. The van der Waals surface area contributed by atoms with E-state index in [0.717, 1.165) is 15.6 Å². The SMILES string of the molecule is CC(=O)Nc1ccccc1NC(=O)COc1cc(C)c(Br)c(C)c1. The number of carbonyl (C=O) groups is 2. The van der Waals surface area contributed by atoms with E-state index in [0.29, 0.717) is 17.1 Å². The van der Waals surface area contributed by atoms with E-state index in [9.17, 15) is 9.59 Å². The fourth-order valence-electron chi connectivity index (χ4n) is 2.22. The standard InChI is InChI=1S/C18H19BrN2O3/c1-11-8-14(9-12(2)18(11)19)24-10-17(23)21-16-7-5-4-6-15(16)20-13(3)22/h4-9H,10H2,1-3H3,(H,20,22)(H,21,23). The van der Waals surface area contributed by atoms with E-state index in [1.165, 1.54) is 6.92 Å². The quantitative estimate of drug-likeness (QED) is 0.809. The summed E-state index contributed by atoms with van der Waals surface area (Å²) in [6, 6.07) is 10.7. The lowest BCUT2D eigenvalue weighted by Gasteiger charge is -2.13. The Bertz CT molecular complexity index is 752. The maximum absolute atomic E-state index is 12.1. The summed E-state index contributed by atoms with van der Waals surface area (Å²) < 4.78 is 6.59. The van der Waals surface area contributed by atoms with Crippen molar-refractivity contribution in [3.8, 4) is 5.75 Å². The molecule has 0 saturated carbocycles. The fourth-order valence-corrected chi connectivity index (χ4v) is 2.44. The first kappa shape index (κ1) is 18.0. The summed E-state index contributed by atoms with van der Waals surface area (Å²) in [6.45, 7) is 5.23. The minimum Gasteiger partial charge on any atom is -0.484 e. The van der Waals surface area contributed by atoms with Gasteiger partial charge in [-0.25, -0.2) is 0 Å². The zero-order valence-electron chi connectivity index (χ0n) is 13.8. The molecule has 0 spiro atoms. The number of anilines is 2. The van der Waals surface area contributed by atoms with Crippen LogP contribution >= 0.6 is 15.9 Å². The van der Waals surface area contributed by atoms with E-state index >= 15 is 0 Å². The van der Waals surface area contributed by atoms with Gasteiger partial charge in [0.15, 0.2) is 6.61 Å². The van der Waals surface area contributed by atoms with Crippen LogP contribution in [0.4, 0.5) is 11.4 Å². The van der Waals surface area contributed by atoms with Crippen LogP contribution in [0.25, 0.3) is 0 Å². The van der Waals surface area contributed by atoms with E-state index in [4.69, 9.17) is 4.74 Å². The lowest BCUT2D eigenvalue weighted by Crippen LogP contribution is -2.21. The minimum atomic E-state index is -0.300. The van der Waals surface area contributed by atoms with Gasteiger partial charge in [-0.1, -0.05) is 28.1 Å². The summed E-state index contributed by atoms with van der Waals surface area (Å²) in [4.78, 5) is 23.3. The molecule has 0 heterocycles. The first-order chi connectivity index (χ1) is 11.4. The van der Waals surface area contributed by atoms with Crippen LogP contribution in [0.5, 0.6) is 5.75 Å². The summed E-state index contributed by atoms with van der Waals surface area (Å²) in [5.41, 5.74) is 3.17. The molecular formula is C18H19BrN2O3. The fraction of sp³-hybridized carbons (Fsp3) is 0.222. The second-order valence-corrected chi connectivity index (χ2v) is 6.23. The van der Waals surface area contributed by atoms with Gasteiger partial charge in [-0.05, 0) is 49.2 Å². The summed E-state index contributed by atoms with van der Waals surface area (Å²) in [6.07, 6.45) is 0. The van der Waals surface area contributed by atoms with Gasteiger partial charge in [0.25, 0.3) is 5.91 Å². The predicted octanol–water partition coefficient (Wildman–Crippen LogP) is 4.04. The third kappa shape index (κ3) is 4.83. The molecule has 6 heteroatoms. The summed E-state index contributed by atoms with van der Waals surface area (Å²) >= 11 is 3.50. The van der Waals surface area contributed by atoms with Crippen molar-refractivity contribution in [2.75, 3.05) is 17.2 Å². The lowest BCUT2D eigenvalue weighted by atomic mass is 10.1. The molecular weight excluding hydrogens is 372 g/mol. The summed E-state index contributed by atoms with van der Waals surface area (Å²) in [7, 11) is 0. The number of benzene rings is 2. The number of nitrogens with one attached hydrogen (secondary N) is 2.